The van der Waals surface area contributed by atoms with Gasteiger partial charge in [-0.2, -0.15) is 0 Å². The first kappa shape index (κ1) is 22.6. The van der Waals surface area contributed by atoms with E-state index in [0.29, 0.717) is 6.79 Å². The van der Waals surface area contributed by atoms with E-state index >= 15 is 0 Å². The van der Waals surface area contributed by atoms with Crippen LogP contribution in [0.3, 0.4) is 0 Å². The Balaban J connectivity index is 0. The Bertz CT molecular complexity index is 245. The molecule has 0 aromatic rings. The van der Waals surface area contributed by atoms with Gasteiger partial charge in [0, 0.05) is 6.04 Å². The molecule has 0 saturated heterocycles. The predicted octanol–water partition coefficient (Wildman–Crippen LogP) is 3.12. The normalized spacial score (nSPS) is 12.6. The molecule has 0 aliphatic carbocycles. The second-order valence-electron chi connectivity index (χ2n) is 6.04. The highest BCUT2D eigenvalue weighted by Gasteiger charge is 2.14. The summed E-state index contributed by atoms with van der Waals surface area (Å²) in [5.74, 6) is -0.0429. The first-order chi connectivity index (χ1) is 9.56. The van der Waals surface area contributed by atoms with E-state index in [9.17, 15) is 4.79 Å². The third-order valence-corrected chi connectivity index (χ3v) is 2.08. The van der Waals surface area contributed by atoms with Crippen molar-refractivity contribution < 1.29 is 19.0 Å². The average Bonchev–Trinajstić information content (AvgIpc) is 2.26. The highest BCUT2D eigenvalue weighted by molar-refractivity contribution is 5.80. The van der Waals surface area contributed by atoms with Crippen molar-refractivity contribution in [2.45, 2.75) is 92.8 Å². The number of hydrogen-bond donors (Lipinski definition) is 1. The van der Waals surface area contributed by atoms with Gasteiger partial charge in [-0.15, -0.1) is 0 Å². The van der Waals surface area contributed by atoms with E-state index in [1.54, 1.807) is 6.92 Å². The van der Waals surface area contributed by atoms with Crippen LogP contribution in [-0.2, 0) is 19.0 Å². The van der Waals surface area contributed by atoms with Crippen molar-refractivity contribution >= 4 is 5.91 Å². The fourth-order valence-corrected chi connectivity index (χ4v) is 1.18. The van der Waals surface area contributed by atoms with Crippen molar-refractivity contribution in [2.24, 2.45) is 0 Å². The fraction of sp³-hybridized carbons (Fsp3) is 0.938. The van der Waals surface area contributed by atoms with Crippen molar-refractivity contribution in [3.63, 3.8) is 0 Å². The summed E-state index contributed by atoms with van der Waals surface area (Å²) < 4.78 is 15.6. The standard InChI is InChI=1S/C9H19NO2.C7H16O2/c1-6(2)10-9(11)8(5)12-7(3)4;1-6(2)8-5-9-7(3)4/h6-8H,1-5H3,(H,10,11);6-7H,5H2,1-4H3. The van der Waals surface area contributed by atoms with Crippen LogP contribution >= 0.6 is 0 Å². The molecule has 21 heavy (non-hydrogen) atoms. The minimum absolute atomic E-state index is 0.0429. The molecule has 0 spiro atoms. The molecule has 1 unspecified atom stereocenters. The Morgan fingerprint density at radius 3 is 1.52 bits per heavy atom. The topological polar surface area (TPSA) is 56.8 Å². The summed E-state index contributed by atoms with van der Waals surface area (Å²) in [4.78, 5) is 11.3. The molecule has 128 valence electrons. The smallest absolute Gasteiger partial charge is 0.249 e. The van der Waals surface area contributed by atoms with Gasteiger partial charge in [-0.25, -0.2) is 0 Å². The van der Waals surface area contributed by atoms with E-state index in [0.717, 1.165) is 0 Å². The molecule has 1 N–H and O–H groups in total. The molecule has 0 fully saturated rings. The highest BCUT2D eigenvalue weighted by atomic mass is 16.7. The van der Waals surface area contributed by atoms with Crippen LogP contribution in [0, 0.1) is 0 Å². The molecular formula is C16H35NO4. The van der Waals surface area contributed by atoms with Crippen LogP contribution in [0.5, 0.6) is 0 Å². The third kappa shape index (κ3) is 19.4. The van der Waals surface area contributed by atoms with Gasteiger partial charge in [-0.3, -0.25) is 4.79 Å². The molecule has 5 heteroatoms. The van der Waals surface area contributed by atoms with Crippen molar-refractivity contribution in [1.29, 1.82) is 0 Å². The van der Waals surface area contributed by atoms with Crippen LogP contribution in [0.4, 0.5) is 0 Å². The highest BCUT2D eigenvalue weighted by Crippen LogP contribution is 1.97. The molecule has 0 saturated carbocycles. The van der Waals surface area contributed by atoms with Crippen molar-refractivity contribution in [3.8, 4) is 0 Å². The Morgan fingerprint density at radius 1 is 0.810 bits per heavy atom. The Hall–Kier alpha value is -0.650. The van der Waals surface area contributed by atoms with Gasteiger partial charge in [0.2, 0.25) is 5.91 Å². The van der Waals surface area contributed by atoms with Crippen LogP contribution in [0.15, 0.2) is 0 Å². The second-order valence-corrected chi connectivity index (χ2v) is 6.04. The summed E-state index contributed by atoms with van der Waals surface area (Å²) in [5.41, 5.74) is 0. The minimum Gasteiger partial charge on any atom is -0.366 e. The summed E-state index contributed by atoms with van der Waals surface area (Å²) in [7, 11) is 0. The lowest BCUT2D eigenvalue weighted by molar-refractivity contribution is -0.134. The zero-order valence-corrected chi connectivity index (χ0v) is 15.2. The van der Waals surface area contributed by atoms with Crippen LogP contribution in [-0.4, -0.2) is 43.2 Å². The van der Waals surface area contributed by atoms with Gasteiger partial charge in [-0.1, -0.05) is 0 Å². The summed E-state index contributed by atoms with van der Waals surface area (Å²) in [5, 5.41) is 2.78. The number of rotatable bonds is 8. The largest absolute Gasteiger partial charge is 0.366 e. The Kier molecular flexibility index (Phi) is 14.1. The van der Waals surface area contributed by atoms with Crippen LogP contribution in [0.2, 0.25) is 0 Å². The van der Waals surface area contributed by atoms with E-state index in [1.165, 1.54) is 0 Å². The number of amides is 1. The van der Waals surface area contributed by atoms with Gasteiger partial charge < -0.3 is 19.5 Å². The zero-order valence-electron chi connectivity index (χ0n) is 15.2. The molecule has 0 bridgehead atoms. The summed E-state index contributed by atoms with van der Waals surface area (Å²) >= 11 is 0. The molecule has 0 rings (SSSR count). The quantitative estimate of drug-likeness (QED) is 0.700. The van der Waals surface area contributed by atoms with Crippen molar-refractivity contribution in [3.05, 3.63) is 0 Å². The summed E-state index contributed by atoms with van der Waals surface area (Å²) in [6.45, 7) is 17.8. The molecule has 0 aliphatic heterocycles. The van der Waals surface area contributed by atoms with Crippen molar-refractivity contribution in [2.75, 3.05) is 6.79 Å². The van der Waals surface area contributed by atoms with Crippen LogP contribution < -0.4 is 5.32 Å². The van der Waals surface area contributed by atoms with Gasteiger partial charge in [0.1, 0.15) is 12.9 Å². The molecular weight excluding hydrogens is 270 g/mol. The minimum atomic E-state index is -0.354. The van der Waals surface area contributed by atoms with Gasteiger partial charge in [0.05, 0.1) is 18.3 Å². The Morgan fingerprint density at radius 2 is 1.24 bits per heavy atom. The van der Waals surface area contributed by atoms with Gasteiger partial charge in [0.25, 0.3) is 0 Å². The zero-order chi connectivity index (χ0) is 17.0. The monoisotopic (exact) mass is 305 g/mol. The molecule has 1 atom stereocenters. The van der Waals surface area contributed by atoms with E-state index in [4.69, 9.17) is 14.2 Å². The molecule has 0 aromatic carbocycles. The van der Waals surface area contributed by atoms with E-state index in [1.807, 2.05) is 55.4 Å². The molecule has 0 aliphatic rings. The SMILES string of the molecule is CC(C)NC(=O)C(C)OC(C)C.CC(C)OCOC(C)C. The number of carbonyl (C=O) groups is 1. The van der Waals surface area contributed by atoms with Crippen LogP contribution in [0.1, 0.15) is 62.3 Å². The molecule has 0 aromatic heterocycles. The maximum absolute atomic E-state index is 11.3. The maximum Gasteiger partial charge on any atom is 0.249 e. The lowest BCUT2D eigenvalue weighted by Crippen LogP contribution is -2.39. The van der Waals surface area contributed by atoms with Crippen molar-refractivity contribution in [1.82, 2.24) is 5.32 Å². The maximum atomic E-state index is 11.3. The lowest BCUT2D eigenvalue weighted by Gasteiger charge is -2.17. The van der Waals surface area contributed by atoms with E-state index in [-0.39, 0.29) is 36.4 Å². The van der Waals surface area contributed by atoms with Crippen LogP contribution in [0.25, 0.3) is 0 Å². The first-order valence-electron chi connectivity index (χ1n) is 7.75. The second kappa shape index (κ2) is 13.0. The number of carbonyl (C=O) groups excluding carboxylic acids is 1. The molecule has 0 radical (unpaired) electrons. The van der Waals surface area contributed by atoms with Gasteiger partial charge in [0.15, 0.2) is 0 Å². The predicted molar refractivity (Wildman–Crippen MR) is 86.3 cm³/mol. The molecule has 1 amide bonds. The first-order valence-corrected chi connectivity index (χ1v) is 7.75. The molecule has 5 nitrogen and oxygen atoms in total. The number of nitrogens with one attached hydrogen (secondary N) is 1. The van der Waals surface area contributed by atoms with E-state index < -0.39 is 0 Å². The summed E-state index contributed by atoms with van der Waals surface area (Å²) in [6, 6.07) is 0.177. The number of ether oxygens (including phenoxy) is 3. The van der Waals surface area contributed by atoms with E-state index in [2.05, 4.69) is 5.32 Å². The molecule has 0 heterocycles. The van der Waals surface area contributed by atoms with Gasteiger partial charge >= 0.3 is 0 Å². The lowest BCUT2D eigenvalue weighted by atomic mass is 10.3. The summed E-state index contributed by atoms with van der Waals surface area (Å²) in [6.07, 6.45) is 0.276. The third-order valence-electron chi connectivity index (χ3n) is 2.08. The van der Waals surface area contributed by atoms with Gasteiger partial charge in [-0.05, 0) is 62.3 Å². The number of hydrogen-bond acceptors (Lipinski definition) is 4. The average molecular weight is 305 g/mol. The Labute approximate surface area is 130 Å². The fourth-order valence-electron chi connectivity index (χ4n) is 1.18.